The summed E-state index contributed by atoms with van der Waals surface area (Å²) in [5.74, 6) is 0.461. The third-order valence-corrected chi connectivity index (χ3v) is 8.05. The van der Waals surface area contributed by atoms with Crippen LogP contribution in [0.15, 0.2) is 29.2 Å². The maximum atomic E-state index is 12.7. The van der Waals surface area contributed by atoms with E-state index >= 15 is 0 Å². The smallest absolute Gasteiger partial charge is 0.243 e. The Morgan fingerprint density at radius 1 is 1.14 bits per heavy atom. The Hall–Kier alpha value is -1.15. The van der Waals surface area contributed by atoms with Gasteiger partial charge in [-0.25, -0.2) is 8.42 Å². The molecule has 0 radical (unpaired) electrons. The molecule has 1 unspecified atom stereocenters. The Labute approximate surface area is 173 Å². The second-order valence-corrected chi connectivity index (χ2v) is 10.5. The van der Waals surface area contributed by atoms with Gasteiger partial charge >= 0.3 is 0 Å². The quantitative estimate of drug-likeness (QED) is 0.757. The first-order valence-corrected chi connectivity index (χ1v) is 11.9. The topological polar surface area (TPSA) is 69.7 Å². The largest absolute Gasteiger partial charge is 0.356 e. The second-order valence-electron chi connectivity index (χ2n) is 8.12. The fourth-order valence-electron chi connectivity index (χ4n) is 4.00. The van der Waals surface area contributed by atoms with Crippen LogP contribution in [0.25, 0.3) is 0 Å². The molecule has 156 valence electrons. The van der Waals surface area contributed by atoms with Crippen LogP contribution in [-0.4, -0.2) is 62.3 Å². The third-order valence-electron chi connectivity index (χ3n) is 5.89. The van der Waals surface area contributed by atoms with E-state index in [1.165, 1.54) is 16.4 Å². The molecule has 28 heavy (non-hydrogen) atoms. The summed E-state index contributed by atoms with van der Waals surface area (Å²) in [7, 11) is -3.53. The van der Waals surface area contributed by atoms with Crippen LogP contribution in [-0.2, 0) is 14.8 Å². The molecule has 2 fully saturated rings. The summed E-state index contributed by atoms with van der Waals surface area (Å²) in [6.07, 6.45) is 2.24. The summed E-state index contributed by atoms with van der Waals surface area (Å²) in [5.41, 5.74) is 0. The van der Waals surface area contributed by atoms with Crippen molar-refractivity contribution in [3.8, 4) is 0 Å². The maximum Gasteiger partial charge on any atom is 0.243 e. The van der Waals surface area contributed by atoms with Gasteiger partial charge in [-0.05, 0) is 69.8 Å². The number of piperidine rings is 1. The van der Waals surface area contributed by atoms with Crippen molar-refractivity contribution >= 4 is 27.5 Å². The zero-order chi connectivity index (χ0) is 20.3. The van der Waals surface area contributed by atoms with Crippen molar-refractivity contribution in [2.75, 3.05) is 32.7 Å². The van der Waals surface area contributed by atoms with E-state index in [1.807, 2.05) is 0 Å². The summed E-state index contributed by atoms with van der Waals surface area (Å²) in [5, 5.41) is 3.60. The van der Waals surface area contributed by atoms with Gasteiger partial charge in [-0.1, -0.05) is 11.6 Å². The fraction of sp³-hybridized carbons (Fsp3) is 0.650. The highest BCUT2D eigenvalue weighted by atomic mass is 35.5. The van der Waals surface area contributed by atoms with Crippen molar-refractivity contribution in [1.82, 2.24) is 14.5 Å². The number of carbonyl (C=O) groups excluding carboxylic acids is 1. The Morgan fingerprint density at radius 2 is 1.79 bits per heavy atom. The van der Waals surface area contributed by atoms with Gasteiger partial charge in [0, 0.05) is 43.2 Å². The Bertz CT molecular complexity index is 774. The van der Waals surface area contributed by atoms with E-state index < -0.39 is 10.0 Å². The summed E-state index contributed by atoms with van der Waals surface area (Å²) < 4.78 is 26.9. The first-order valence-electron chi connectivity index (χ1n) is 10.0. The van der Waals surface area contributed by atoms with Gasteiger partial charge in [-0.2, -0.15) is 4.31 Å². The van der Waals surface area contributed by atoms with Gasteiger partial charge in [0.25, 0.3) is 0 Å². The molecule has 3 rings (SSSR count). The van der Waals surface area contributed by atoms with E-state index in [9.17, 15) is 13.2 Å². The molecule has 1 aromatic rings. The molecule has 0 bridgehead atoms. The lowest BCUT2D eigenvalue weighted by molar-refractivity contribution is -0.126. The van der Waals surface area contributed by atoms with Gasteiger partial charge in [-0.15, -0.1) is 0 Å². The second kappa shape index (κ2) is 9.11. The minimum Gasteiger partial charge on any atom is -0.356 e. The number of hydrogen-bond donors (Lipinski definition) is 1. The van der Waals surface area contributed by atoms with Gasteiger partial charge < -0.3 is 10.2 Å². The molecule has 1 atom stereocenters. The lowest BCUT2D eigenvalue weighted by Gasteiger charge is -2.30. The molecule has 2 saturated heterocycles. The average Bonchev–Trinajstić information content (AvgIpc) is 3.16. The number of rotatable bonds is 6. The molecule has 6 nitrogen and oxygen atoms in total. The minimum absolute atomic E-state index is 0.0616. The van der Waals surface area contributed by atoms with Crippen molar-refractivity contribution in [1.29, 1.82) is 0 Å². The molecule has 0 aliphatic carbocycles. The van der Waals surface area contributed by atoms with Crippen LogP contribution < -0.4 is 5.32 Å². The van der Waals surface area contributed by atoms with Crippen LogP contribution in [0, 0.1) is 11.8 Å². The molecule has 2 heterocycles. The predicted molar refractivity (Wildman–Crippen MR) is 111 cm³/mol. The van der Waals surface area contributed by atoms with Crippen LogP contribution in [0.1, 0.15) is 33.1 Å². The lowest BCUT2D eigenvalue weighted by atomic mass is 9.97. The first kappa shape index (κ1) is 21.6. The SMILES string of the molecule is CC(C)N1CCC(CNC(=O)C2CCN(S(=O)(=O)c3ccc(Cl)cc3)CC2)C1. The zero-order valence-electron chi connectivity index (χ0n) is 16.6. The van der Waals surface area contributed by atoms with Crippen molar-refractivity contribution in [3.05, 3.63) is 29.3 Å². The van der Waals surface area contributed by atoms with E-state index in [4.69, 9.17) is 11.6 Å². The van der Waals surface area contributed by atoms with E-state index in [0.717, 1.165) is 19.5 Å². The molecule has 2 aliphatic rings. The number of likely N-dealkylation sites (tertiary alicyclic amines) is 1. The number of carbonyl (C=O) groups is 1. The summed E-state index contributed by atoms with van der Waals surface area (Å²) >= 11 is 5.85. The van der Waals surface area contributed by atoms with Gasteiger partial charge in [0.05, 0.1) is 4.90 Å². The monoisotopic (exact) mass is 427 g/mol. The maximum absolute atomic E-state index is 12.7. The van der Waals surface area contributed by atoms with Crippen LogP contribution in [0.2, 0.25) is 5.02 Å². The predicted octanol–water partition coefficient (Wildman–Crippen LogP) is 2.59. The normalized spacial score (nSPS) is 22.6. The standard InChI is InChI=1S/C20H30ClN3O3S/c1-15(2)23-10-7-16(14-23)13-22-20(25)17-8-11-24(12-9-17)28(26,27)19-5-3-18(21)4-6-19/h3-6,15-17H,7-14H2,1-2H3,(H,22,25). The number of nitrogens with one attached hydrogen (secondary N) is 1. The fourth-order valence-corrected chi connectivity index (χ4v) is 5.60. The molecular weight excluding hydrogens is 398 g/mol. The number of nitrogens with zero attached hydrogens (tertiary/aromatic N) is 2. The van der Waals surface area contributed by atoms with Crippen molar-refractivity contribution in [3.63, 3.8) is 0 Å². The number of benzene rings is 1. The molecule has 8 heteroatoms. The van der Waals surface area contributed by atoms with Crippen LogP contribution >= 0.6 is 11.6 Å². The minimum atomic E-state index is -3.53. The van der Waals surface area contributed by atoms with Crippen LogP contribution in [0.4, 0.5) is 0 Å². The highest BCUT2D eigenvalue weighted by Gasteiger charge is 2.32. The van der Waals surface area contributed by atoms with E-state index in [0.29, 0.717) is 49.5 Å². The lowest BCUT2D eigenvalue weighted by Crippen LogP contribution is -2.44. The molecule has 1 aromatic carbocycles. The van der Waals surface area contributed by atoms with Gasteiger partial charge in [0.2, 0.25) is 15.9 Å². The number of amides is 1. The molecule has 0 saturated carbocycles. The van der Waals surface area contributed by atoms with E-state index in [2.05, 4.69) is 24.1 Å². The summed E-state index contributed by atoms with van der Waals surface area (Å²) in [6.45, 7) is 7.99. The Kier molecular flexibility index (Phi) is 7.02. The van der Waals surface area contributed by atoms with Crippen molar-refractivity contribution in [2.45, 2.75) is 44.0 Å². The Balaban J connectivity index is 1.47. The summed E-state index contributed by atoms with van der Waals surface area (Å²) in [4.78, 5) is 15.2. The zero-order valence-corrected chi connectivity index (χ0v) is 18.2. The van der Waals surface area contributed by atoms with Crippen molar-refractivity contribution < 1.29 is 13.2 Å². The van der Waals surface area contributed by atoms with Gasteiger partial charge in [-0.3, -0.25) is 4.79 Å². The first-order chi connectivity index (χ1) is 13.3. The highest BCUT2D eigenvalue weighted by Crippen LogP contribution is 2.25. The highest BCUT2D eigenvalue weighted by molar-refractivity contribution is 7.89. The number of halogens is 1. The molecule has 1 amide bonds. The number of sulfonamides is 1. The third kappa shape index (κ3) is 5.06. The molecule has 2 aliphatic heterocycles. The molecule has 0 aromatic heterocycles. The Morgan fingerprint density at radius 3 is 2.36 bits per heavy atom. The van der Waals surface area contributed by atoms with Crippen molar-refractivity contribution in [2.24, 2.45) is 11.8 Å². The summed E-state index contributed by atoms with van der Waals surface area (Å²) in [6, 6.07) is 6.76. The van der Waals surface area contributed by atoms with Crippen LogP contribution in [0.3, 0.4) is 0 Å². The molecule has 1 N–H and O–H groups in total. The van der Waals surface area contributed by atoms with E-state index in [1.54, 1.807) is 12.1 Å². The molecular formula is C20H30ClN3O3S. The average molecular weight is 428 g/mol. The molecule has 0 spiro atoms. The van der Waals surface area contributed by atoms with E-state index in [-0.39, 0.29) is 16.7 Å². The number of hydrogen-bond acceptors (Lipinski definition) is 4. The van der Waals surface area contributed by atoms with Gasteiger partial charge in [0.15, 0.2) is 0 Å². The van der Waals surface area contributed by atoms with Crippen LogP contribution in [0.5, 0.6) is 0 Å². The van der Waals surface area contributed by atoms with Gasteiger partial charge in [0.1, 0.15) is 0 Å².